The van der Waals surface area contributed by atoms with E-state index in [1.165, 1.54) is 0 Å². The van der Waals surface area contributed by atoms with Gasteiger partial charge in [0.2, 0.25) is 5.12 Å². The van der Waals surface area contributed by atoms with Gasteiger partial charge in [-0.2, -0.15) is 0 Å². The maximum absolute atomic E-state index is 10.8. The largest absolute Gasteiger partial charge is 0.496 e. The number of ether oxygens (including phenoxy) is 1. The smallest absolute Gasteiger partial charge is 0.216 e. The van der Waals surface area contributed by atoms with Gasteiger partial charge in [-0.1, -0.05) is 0 Å². The van der Waals surface area contributed by atoms with Gasteiger partial charge in [-0.05, 0) is 30.7 Å². The molecule has 0 radical (unpaired) electrons. The minimum atomic E-state index is -0.222. The summed E-state index contributed by atoms with van der Waals surface area (Å²) in [5, 5.41) is -0.222. The predicted octanol–water partition coefficient (Wildman–Crippen LogP) is 2.07. The first kappa shape index (κ1) is 9.13. The van der Waals surface area contributed by atoms with Crippen molar-refractivity contribution in [3.8, 4) is 5.75 Å². The van der Waals surface area contributed by atoms with Crippen molar-refractivity contribution in [1.82, 2.24) is 0 Å². The summed E-state index contributed by atoms with van der Waals surface area (Å²) in [4.78, 5) is 10.8. The summed E-state index contributed by atoms with van der Waals surface area (Å²) in [5.41, 5.74) is 1.54. The van der Waals surface area contributed by atoms with Gasteiger partial charge in [-0.3, -0.25) is 4.79 Å². The topological polar surface area (TPSA) is 26.3 Å². The van der Waals surface area contributed by atoms with Crippen molar-refractivity contribution in [2.45, 2.75) is 6.92 Å². The molecule has 0 unspecified atom stereocenters. The van der Waals surface area contributed by atoms with Crippen LogP contribution in [0.3, 0.4) is 0 Å². The molecule has 0 aliphatic rings. The third-order valence-corrected chi connectivity index (χ3v) is 1.90. The lowest BCUT2D eigenvalue weighted by Gasteiger charge is -2.04. The third-order valence-electron chi connectivity index (χ3n) is 1.64. The Labute approximate surface area is 77.0 Å². The van der Waals surface area contributed by atoms with Gasteiger partial charge in [0, 0.05) is 5.56 Å². The Morgan fingerprint density at radius 1 is 1.50 bits per heavy atom. The van der Waals surface area contributed by atoms with E-state index in [0.717, 1.165) is 11.3 Å². The Hall–Kier alpha value is -0.960. The molecular weight excluding hydrogens is 172 g/mol. The van der Waals surface area contributed by atoms with Crippen LogP contribution in [0.25, 0.3) is 0 Å². The monoisotopic (exact) mass is 182 g/mol. The summed E-state index contributed by atoms with van der Waals surface area (Å²) < 4.78 is 5.04. The average molecular weight is 182 g/mol. The van der Waals surface area contributed by atoms with Crippen LogP contribution in [-0.4, -0.2) is 12.2 Å². The van der Waals surface area contributed by atoms with Crippen molar-refractivity contribution in [3.05, 3.63) is 29.3 Å². The molecule has 0 spiro atoms. The summed E-state index contributed by atoms with van der Waals surface area (Å²) in [6.45, 7) is 1.89. The minimum absolute atomic E-state index is 0.222. The Balaban J connectivity index is 3.10. The highest BCUT2D eigenvalue weighted by atomic mass is 32.1. The van der Waals surface area contributed by atoms with E-state index in [2.05, 4.69) is 12.6 Å². The summed E-state index contributed by atoms with van der Waals surface area (Å²) >= 11 is 3.72. The zero-order valence-corrected chi connectivity index (χ0v) is 7.89. The third kappa shape index (κ3) is 1.80. The summed E-state index contributed by atoms with van der Waals surface area (Å²) in [6.07, 6.45) is 0. The molecule has 12 heavy (non-hydrogen) atoms. The van der Waals surface area contributed by atoms with Crippen LogP contribution >= 0.6 is 12.6 Å². The van der Waals surface area contributed by atoms with Gasteiger partial charge in [0.25, 0.3) is 0 Å². The number of methoxy groups -OCH3 is 1. The van der Waals surface area contributed by atoms with E-state index >= 15 is 0 Å². The molecule has 0 aliphatic heterocycles. The minimum Gasteiger partial charge on any atom is -0.496 e. The second-order valence-corrected chi connectivity index (χ2v) is 2.90. The van der Waals surface area contributed by atoms with Crippen LogP contribution in [0, 0.1) is 6.92 Å². The van der Waals surface area contributed by atoms with Gasteiger partial charge < -0.3 is 4.74 Å². The zero-order valence-electron chi connectivity index (χ0n) is 7.00. The summed E-state index contributed by atoms with van der Waals surface area (Å²) in [7, 11) is 1.60. The molecule has 1 aromatic carbocycles. The zero-order chi connectivity index (χ0) is 9.14. The maximum atomic E-state index is 10.8. The van der Waals surface area contributed by atoms with E-state index in [0.29, 0.717) is 5.56 Å². The SMILES string of the molecule is COc1ccc(C(=O)S)cc1C. The molecule has 1 aromatic rings. The fourth-order valence-corrected chi connectivity index (χ4v) is 1.15. The van der Waals surface area contributed by atoms with Crippen molar-refractivity contribution in [1.29, 1.82) is 0 Å². The van der Waals surface area contributed by atoms with Crippen LogP contribution in [-0.2, 0) is 0 Å². The highest BCUT2D eigenvalue weighted by Crippen LogP contribution is 2.19. The van der Waals surface area contributed by atoms with Crippen molar-refractivity contribution >= 4 is 17.7 Å². The molecule has 1 rings (SSSR count). The lowest BCUT2D eigenvalue weighted by Crippen LogP contribution is -1.92. The van der Waals surface area contributed by atoms with Crippen molar-refractivity contribution in [2.24, 2.45) is 0 Å². The number of thiol groups is 1. The standard InChI is InChI=1S/C9H10O2S/c1-6-5-7(9(10)12)3-4-8(6)11-2/h3-5H,1-2H3,(H,10,12). The Kier molecular flexibility index (Phi) is 2.76. The second-order valence-electron chi connectivity index (χ2n) is 2.49. The highest BCUT2D eigenvalue weighted by molar-refractivity contribution is 7.97. The molecule has 0 heterocycles. The van der Waals surface area contributed by atoms with Crippen LogP contribution in [0.1, 0.15) is 15.9 Å². The van der Waals surface area contributed by atoms with Gasteiger partial charge in [0.1, 0.15) is 5.75 Å². The fraction of sp³-hybridized carbons (Fsp3) is 0.222. The molecule has 0 aromatic heterocycles. The lowest BCUT2D eigenvalue weighted by atomic mass is 10.1. The van der Waals surface area contributed by atoms with Crippen molar-refractivity contribution in [2.75, 3.05) is 7.11 Å². The van der Waals surface area contributed by atoms with Crippen LogP contribution in [0.15, 0.2) is 18.2 Å². The van der Waals surface area contributed by atoms with E-state index in [-0.39, 0.29) is 5.12 Å². The van der Waals surface area contributed by atoms with Gasteiger partial charge in [-0.15, -0.1) is 12.6 Å². The number of hydrogen-bond donors (Lipinski definition) is 1. The van der Waals surface area contributed by atoms with Gasteiger partial charge >= 0.3 is 0 Å². The summed E-state index contributed by atoms with van der Waals surface area (Å²) in [5.74, 6) is 0.785. The number of hydrogen-bond acceptors (Lipinski definition) is 2. The summed E-state index contributed by atoms with van der Waals surface area (Å²) in [6, 6.07) is 5.22. The van der Waals surface area contributed by atoms with Gasteiger partial charge in [-0.25, -0.2) is 0 Å². The molecule has 3 heteroatoms. The normalized spacial score (nSPS) is 9.58. The Morgan fingerprint density at radius 2 is 2.17 bits per heavy atom. The molecule has 0 fully saturated rings. The molecule has 64 valence electrons. The number of rotatable bonds is 2. The Morgan fingerprint density at radius 3 is 2.58 bits per heavy atom. The second kappa shape index (κ2) is 3.63. The molecule has 0 aliphatic carbocycles. The number of benzene rings is 1. The van der Waals surface area contributed by atoms with Crippen molar-refractivity contribution in [3.63, 3.8) is 0 Å². The molecule has 0 N–H and O–H groups in total. The molecule has 0 saturated carbocycles. The molecule has 0 amide bonds. The lowest BCUT2D eigenvalue weighted by molar-refractivity contribution is 0.109. The van der Waals surface area contributed by atoms with Gasteiger partial charge in [0.05, 0.1) is 7.11 Å². The first-order chi connectivity index (χ1) is 5.65. The number of carbonyl (C=O) groups is 1. The molecule has 0 bridgehead atoms. The van der Waals surface area contributed by atoms with Crippen LogP contribution < -0.4 is 4.74 Å². The molecule has 0 saturated heterocycles. The first-order valence-electron chi connectivity index (χ1n) is 3.53. The number of carbonyl (C=O) groups excluding carboxylic acids is 1. The molecule has 2 nitrogen and oxygen atoms in total. The van der Waals surface area contributed by atoms with E-state index in [1.54, 1.807) is 25.3 Å². The van der Waals surface area contributed by atoms with Crippen LogP contribution in [0.5, 0.6) is 5.75 Å². The van der Waals surface area contributed by atoms with E-state index in [1.807, 2.05) is 6.92 Å². The van der Waals surface area contributed by atoms with Crippen molar-refractivity contribution < 1.29 is 9.53 Å². The molecular formula is C9H10O2S. The highest BCUT2D eigenvalue weighted by Gasteiger charge is 2.03. The average Bonchev–Trinajstić information content (AvgIpc) is 2.04. The fourth-order valence-electron chi connectivity index (χ4n) is 1.01. The Bertz CT molecular complexity index is 307. The quantitative estimate of drug-likeness (QED) is 0.709. The van der Waals surface area contributed by atoms with E-state index in [4.69, 9.17) is 4.74 Å². The number of aryl methyl sites for hydroxylation is 1. The van der Waals surface area contributed by atoms with Crippen LogP contribution in [0.2, 0.25) is 0 Å². The maximum Gasteiger partial charge on any atom is 0.216 e. The van der Waals surface area contributed by atoms with Crippen LogP contribution in [0.4, 0.5) is 0 Å². The van der Waals surface area contributed by atoms with Gasteiger partial charge in [0.15, 0.2) is 0 Å². The van der Waals surface area contributed by atoms with E-state index < -0.39 is 0 Å². The van der Waals surface area contributed by atoms with E-state index in [9.17, 15) is 4.79 Å². The molecule has 0 atom stereocenters. The first-order valence-corrected chi connectivity index (χ1v) is 3.98. The predicted molar refractivity (Wildman–Crippen MR) is 51.0 cm³/mol.